The van der Waals surface area contributed by atoms with Crippen LogP contribution in [0.2, 0.25) is 0 Å². The molecule has 3 aromatic heterocycles. The Morgan fingerprint density at radius 3 is 2.80 bits per heavy atom. The summed E-state index contributed by atoms with van der Waals surface area (Å²) < 4.78 is 4.01. The van der Waals surface area contributed by atoms with Crippen molar-refractivity contribution in [1.82, 2.24) is 29.3 Å². The molecule has 0 amide bonds. The number of hydrogen-bond acceptors (Lipinski definition) is 4. The predicted octanol–water partition coefficient (Wildman–Crippen LogP) is 2.14. The van der Waals surface area contributed by atoms with Gasteiger partial charge in [0.15, 0.2) is 11.5 Å². The SMILES string of the molecule is CCn1cnnc1Cn1c(CCl)nc2ccc(C)nc21. The van der Waals surface area contributed by atoms with Gasteiger partial charge in [0, 0.05) is 12.2 Å². The van der Waals surface area contributed by atoms with Gasteiger partial charge in [0.25, 0.3) is 0 Å². The molecule has 0 spiro atoms. The van der Waals surface area contributed by atoms with E-state index in [0.717, 1.165) is 35.1 Å². The zero-order valence-corrected chi connectivity index (χ0v) is 12.2. The van der Waals surface area contributed by atoms with Crippen LogP contribution in [0.5, 0.6) is 0 Å². The largest absolute Gasteiger partial charge is 0.316 e. The Hall–Kier alpha value is -1.95. The first-order valence-corrected chi connectivity index (χ1v) is 7.01. The van der Waals surface area contributed by atoms with Crippen LogP contribution in [-0.2, 0) is 19.0 Å². The second-order valence-corrected chi connectivity index (χ2v) is 4.84. The van der Waals surface area contributed by atoms with Crippen molar-refractivity contribution in [2.24, 2.45) is 0 Å². The normalized spacial score (nSPS) is 11.3. The molecule has 0 unspecified atom stereocenters. The van der Waals surface area contributed by atoms with Crippen LogP contribution in [0.3, 0.4) is 0 Å². The van der Waals surface area contributed by atoms with Crippen molar-refractivity contribution in [3.05, 3.63) is 35.8 Å². The molecular formula is C13H15ClN6. The molecule has 0 N–H and O–H groups in total. The van der Waals surface area contributed by atoms with Gasteiger partial charge in [-0.25, -0.2) is 9.97 Å². The van der Waals surface area contributed by atoms with Gasteiger partial charge in [0.1, 0.15) is 17.7 Å². The maximum absolute atomic E-state index is 6.00. The molecule has 0 aromatic carbocycles. The van der Waals surface area contributed by atoms with Crippen molar-refractivity contribution in [2.45, 2.75) is 32.8 Å². The Bertz CT molecular complexity index is 744. The lowest BCUT2D eigenvalue weighted by molar-refractivity contribution is 0.645. The molecule has 6 nitrogen and oxygen atoms in total. The smallest absolute Gasteiger partial charge is 0.160 e. The average molecular weight is 291 g/mol. The van der Waals surface area contributed by atoms with E-state index in [1.54, 1.807) is 6.33 Å². The molecule has 0 radical (unpaired) electrons. The van der Waals surface area contributed by atoms with E-state index in [2.05, 4.69) is 27.1 Å². The number of hydrogen-bond donors (Lipinski definition) is 0. The molecule has 104 valence electrons. The molecule has 3 rings (SSSR count). The first-order valence-electron chi connectivity index (χ1n) is 6.48. The first kappa shape index (κ1) is 13.1. The van der Waals surface area contributed by atoms with Crippen molar-refractivity contribution in [1.29, 1.82) is 0 Å². The highest BCUT2D eigenvalue weighted by molar-refractivity contribution is 6.16. The first-order chi connectivity index (χ1) is 9.72. The van der Waals surface area contributed by atoms with E-state index in [1.165, 1.54) is 0 Å². The van der Waals surface area contributed by atoms with Gasteiger partial charge in [0.05, 0.1) is 12.4 Å². The van der Waals surface area contributed by atoms with Crippen LogP contribution in [0.1, 0.15) is 24.3 Å². The van der Waals surface area contributed by atoms with Crippen LogP contribution >= 0.6 is 11.6 Å². The summed E-state index contributed by atoms with van der Waals surface area (Å²) >= 11 is 6.00. The quantitative estimate of drug-likeness (QED) is 0.691. The molecule has 20 heavy (non-hydrogen) atoms. The standard InChI is InChI=1S/C13H15ClN6/c1-3-19-8-15-18-12(19)7-20-11(6-14)17-10-5-4-9(2)16-13(10)20/h4-5,8H,3,6-7H2,1-2H3. The van der Waals surface area contributed by atoms with E-state index in [-0.39, 0.29) is 0 Å². The van der Waals surface area contributed by atoms with Crippen LogP contribution in [0.4, 0.5) is 0 Å². The van der Waals surface area contributed by atoms with Crippen LogP contribution in [0.15, 0.2) is 18.5 Å². The van der Waals surface area contributed by atoms with E-state index < -0.39 is 0 Å². The van der Waals surface area contributed by atoms with E-state index in [4.69, 9.17) is 11.6 Å². The number of aromatic nitrogens is 6. The summed E-state index contributed by atoms with van der Waals surface area (Å²) in [6.07, 6.45) is 1.73. The number of halogens is 1. The second kappa shape index (κ2) is 5.20. The molecular weight excluding hydrogens is 276 g/mol. The molecule has 0 fully saturated rings. The molecule has 7 heteroatoms. The van der Waals surface area contributed by atoms with Gasteiger partial charge in [-0.15, -0.1) is 21.8 Å². The molecule has 0 aliphatic rings. The highest BCUT2D eigenvalue weighted by Gasteiger charge is 2.14. The zero-order chi connectivity index (χ0) is 14.1. The Balaban J connectivity index is 2.11. The molecule has 0 aliphatic heterocycles. The molecule has 0 bridgehead atoms. The lowest BCUT2D eigenvalue weighted by atomic mass is 10.3. The Kier molecular flexibility index (Phi) is 3.40. The minimum Gasteiger partial charge on any atom is -0.316 e. The lowest BCUT2D eigenvalue weighted by Crippen LogP contribution is -2.10. The zero-order valence-electron chi connectivity index (χ0n) is 11.4. The van der Waals surface area contributed by atoms with Gasteiger partial charge in [-0.05, 0) is 26.0 Å². The van der Waals surface area contributed by atoms with E-state index >= 15 is 0 Å². The number of pyridine rings is 1. The molecule has 3 aromatic rings. The van der Waals surface area contributed by atoms with Gasteiger partial charge in [-0.2, -0.15) is 0 Å². The average Bonchev–Trinajstić information content (AvgIpc) is 3.04. The van der Waals surface area contributed by atoms with Crippen LogP contribution < -0.4 is 0 Å². The van der Waals surface area contributed by atoms with Crippen molar-refractivity contribution in [3.8, 4) is 0 Å². The van der Waals surface area contributed by atoms with E-state index in [1.807, 2.05) is 28.2 Å². The van der Waals surface area contributed by atoms with E-state index in [9.17, 15) is 0 Å². The van der Waals surface area contributed by atoms with Crippen LogP contribution in [0.25, 0.3) is 11.2 Å². The monoisotopic (exact) mass is 290 g/mol. The number of rotatable bonds is 4. The topological polar surface area (TPSA) is 61.4 Å². The number of imidazole rings is 1. The highest BCUT2D eigenvalue weighted by Crippen LogP contribution is 2.17. The molecule has 0 saturated heterocycles. The van der Waals surface area contributed by atoms with E-state index in [0.29, 0.717) is 12.4 Å². The van der Waals surface area contributed by atoms with Crippen LogP contribution in [-0.4, -0.2) is 29.3 Å². The van der Waals surface area contributed by atoms with Crippen molar-refractivity contribution < 1.29 is 0 Å². The van der Waals surface area contributed by atoms with Gasteiger partial charge >= 0.3 is 0 Å². The Morgan fingerprint density at radius 1 is 1.20 bits per heavy atom. The van der Waals surface area contributed by atoms with Crippen molar-refractivity contribution in [3.63, 3.8) is 0 Å². The maximum atomic E-state index is 6.00. The lowest BCUT2D eigenvalue weighted by Gasteiger charge is -2.07. The number of aryl methyl sites for hydroxylation is 2. The van der Waals surface area contributed by atoms with Crippen LogP contribution in [0, 0.1) is 6.92 Å². The molecule has 0 aliphatic carbocycles. The fraction of sp³-hybridized carbons (Fsp3) is 0.385. The Labute approximate surface area is 121 Å². The minimum atomic E-state index is 0.343. The molecule has 0 atom stereocenters. The third kappa shape index (κ3) is 2.16. The summed E-state index contributed by atoms with van der Waals surface area (Å²) in [5.74, 6) is 2.02. The fourth-order valence-corrected chi connectivity index (χ4v) is 2.42. The summed E-state index contributed by atoms with van der Waals surface area (Å²) in [7, 11) is 0. The highest BCUT2D eigenvalue weighted by atomic mass is 35.5. The van der Waals surface area contributed by atoms with Gasteiger partial charge in [-0.3, -0.25) is 0 Å². The minimum absolute atomic E-state index is 0.343. The molecule has 0 saturated carbocycles. The summed E-state index contributed by atoms with van der Waals surface area (Å²) in [6, 6.07) is 3.92. The third-order valence-electron chi connectivity index (χ3n) is 3.27. The predicted molar refractivity (Wildman–Crippen MR) is 76.6 cm³/mol. The Morgan fingerprint density at radius 2 is 2.05 bits per heavy atom. The summed E-state index contributed by atoms with van der Waals surface area (Å²) in [4.78, 5) is 9.08. The number of fused-ring (bicyclic) bond motifs is 1. The summed E-state index contributed by atoms with van der Waals surface area (Å²) in [6.45, 7) is 5.43. The number of alkyl halides is 1. The summed E-state index contributed by atoms with van der Waals surface area (Å²) in [5, 5.41) is 8.11. The van der Waals surface area contributed by atoms with Gasteiger partial charge < -0.3 is 9.13 Å². The molecule has 3 heterocycles. The fourth-order valence-electron chi connectivity index (χ4n) is 2.22. The van der Waals surface area contributed by atoms with Crippen molar-refractivity contribution in [2.75, 3.05) is 0 Å². The summed E-state index contributed by atoms with van der Waals surface area (Å²) in [5.41, 5.74) is 2.65. The second-order valence-electron chi connectivity index (χ2n) is 4.58. The maximum Gasteiger partial charge on any atom is 0.160 e. The van der Waals surface area contributed by atoms with Gasteiger partial charge in [0.2, 0.25) is 0 Å². The third-order valence-corrected chi connectivity index (χ3v) is 3.51. The number of nitrogens with zero attached hydrogens (tertiary/aromatic N) is 6. The van der Waals surface area contributed by atoms with Crippen molar-refractivity contribution >= 4 is 22.8 Å². The van der Waals surface area contributed by atoms with Gasteiger partial charge in [-0.1, -0.05) is 0 Å².